The van der Waals surface area contributed by atoms with Crippen molar-refractivity contribution in [1.29, 1.82) is 0 Å². The quantitative estimate of drug-likeness (QED) is 0.0320. The lowest BCUT2D eigenvalue weighted by molar-refractivity contribution is -0.143. The number of aliphatic hydroxyl groups is 2. The average Bonchev–Trinajstić information content (AvgIpc) is 3.43. The molecule has 0 aliphatic rings. The van der Waals surface area contributed by atoms with Crippen molar-refractivity contribution in [3.8, 4) is 0 Å². The van der Waals surface area contributed by atoms with E-state index in [2.05, 4.69) is 43.5 Å². The molecule has 0 aromatic heterocycles. The standard InChI is InChI=1S/C71H135NO5/c1-3-5-7-9-11-13-15-17-18-19-34-37-41-45-49-53-57-61-65-71(76)77-66-62-58-54-50-46-42-38-35-32-30-28-26-24-22-20-21-23-25-27-29-31-33-36-40-44-48-52-56-60-64-70(75)72-68(67-73)69(74)63-59-55-51-47-43-39-16-14-12-10-8-6-4-2/h18-20,22,59,63,68-69,73-74H,3-17,21,23-58,60-62,64-67H2,1-2H3,(H,72,75)/b19-18-,22-20-,63-59+. The summed E-state index contributed by atoms with van der Waals surface area (Å²) in [6.07, 6.45) is 85.1. The highest BCUT2D eigenvalue weighted by Gasteiger charge is 2.18. The summed E-state index contributed by atoms with van der Waals surface area (Å²) in [5, 5.41) is 23.1. The van der Waals surface area contributed by atoms with Crippen molar-refractivity contribution >= 4 is 11.9 Å². The number of carbonyl (C=O) groups excluding carboxylic acids is 2. The summed E-state index contributed by atoms with van der Waals surface area (Å²) >= 11 is 0. The van der Waals surface area contributed by atoms with Crippen LogP contribution in [0.4, 0.5) is 0 Å². The van der Waals surface area contributed by atoms with E-state index in [1.807, 2.05) is 6.08 Å². The van der Waals surface area contributed by atoms with Gasteiger partial charge in [-0.1, -0.05) is 320 Å². The van der Waals surface area contributed by atoms with Gasteiger partial charge in [-0.15, -0.1) is 0 Å². The van der Waals surface area contributed by atoms with Crippen molar-refractivity contribution in [2.75, 3.05) is 13.2 Å². The number of hydrogen-bond donors (Lipinski definition) is 3. The Kier molecular flexibility index (Phi) is 64.9. The smallest absolute Gasteiger partial charge is 0.305 e. The van der Waals surface area contributed by atoms with Crippen LogP contribution in [0.1, 0.15) is 380 Å². The Balaban J connectivity index is 3.36. The zero-order chi connectivity index (χ0) is 55.7. The van der Waals surface area contributed by atoms with Crippen LogP contribution < -0.4 is 5.32 Å². The number of carbonyl (C=O) groups is 2. The molecule has 6 nitrogen and oxygen atoms in total. The molecular weight excluding hydrogens is 947 g/mol. The van der Waals surface area contributed by atoms with Crippen LogP contribution in [-0.4, -0.2) is 47.4 Å². The van der Waals surface area contributed by atoms with Crippen LogP contribution in [0.15, 0.2) is 36.5 Å². The molecule has 2 atom stereocenters. The van der Waals surface area contributed by atoms with Crippen LogP contribution in [0.25, 0.3) is 0 Å². The second kappa shape index (κ2) is 66.6. The zero-order valence-electron chi connectivity index (χ0n) is 52.0. The fourth-order valence-corrected chi connectivity index (χ4v) is 10.8. The number of unbranched alkanes of at least 4 members (excludes halogenated alkanes) is 50. The fourth-order valence-electron chi connectivity index (χ4n) is 10.8. The minimum Gasteiger partial charge on any atom is -0.466 e. The normalized spacial score (nSPS) is 12.7. The first-order valence-electron chi connectivity index (χ1n) is 34.8. The second-order valence-corrected chi connectivity index (χ2v) is 23.9. The summed E-state index contributed by atoms with van der Waals surface area (Å²) < 4.78 is 5.50. The van der Waals surface area contributed by atoms with Gasteiger partial charge in [0.15, 0.2) is 0 Å². The zero-order valence-corrected chi connectivity index (χ0v) is 52.0. The molecule has 454 valence electrons. The Bertz CT molecular complexity index is 1250. The first kappa shape index (κ1) is 75.1. The molecule has 0 aliphatic heterocycles. The topological polar surface area (TPSA) is 95.9 Å². The van der Waals surface area contributed by atoms with Crippen molar-refractivity contribution in [1.82, 2.24) is 5.32 Å². The van der Waals surface area contributed by atoms with Crippen molar-refractivity contribution in [3.05, 3.63) is 36.5 Å². The van der Waals surface area contributed by atoms with Crippen molar-refractivity contribution in [2.24, 2.45) is 0 Å². The van der Waals surface area contributed by atoms with Gasteiger partial charge in [0, 0.05) is 12.8 Å². The van der Waals surface area contributed by atoms with Gasteiger partial charge < -0.3 is 20.3 Å². The molecule has 2 unspecified atom stereocenters. The van der Waals surface area contributed by atoms with E-state index in [1.54, 1.807) is 6.08 Å². The average molecular weight is 1080 g/mol. The third kappa shape index (κ3) is 63.1. The van der Waals surface area contributed by atoms with E-state index >= 15 is 0 Å². The van der Waals surface area contributed by atoms with E-state index in [9.17, 15) is 19.8 Å². The molecule has 0 saturated carbocycles. The summed E-state index contributed by atoms with van der Waals surface area (Å²) in [6.45, 7) is 4.92. The lowest BCUT2D eigenvalue weighted by Crippen LogP contribution is -2.45. The van der Waals surface area contributed by atoms with Gasteiger partial charge in [-0.2, -0.15) is 0 Å². The van der Waals surface area contributed by atoms with Gasteiger partial charge in [-0.05, 0) is 83.5 Å². The SMILES string of the molecule is CCCCCCCCC/C=C\CCCCCCCCCC(=O)OCCCCCCCCCCCCCC/C=C\CCCCCCCCCCCCCCCC(=O)NC(CO)C(O)/C=C/CCCCCCCCCCCCC. The monoisotopic (exact) mass is 1080 g/mol. The maximum atomic E-state index is 12.5. The van der Waals surface area contributed by atoms with E-state index in [0.717, 1.165) is 44.9 Å². The molecular formula is C71H135NO5. The lowest BCUT2D eigenvalue weighted by Gasteiger charge is -2.20. The highest BCUT2D eigenvalue weighted by Crippen LogP contribution is 2.18. The largest absolute Gasteiger partial charge is 0.466 e. The molecule has 0 radical (unpaired) electrons. The highest BCUT2D eigenvalue weighted by atomic mass is 16.5. The predicted octanol–water partition coefficient (Wildman–Crippen LogP) is 22.3. The minimum absolute atomic E-state index is 0.0136. The van der Waals surface area contributed by atoms with Gasteiger partial charge in [-0.25, -0.2) is 0 Å². The summed E-state index contributed by atoms with van der Waals surface area (Å²) in [5.41, 5.74) is 0. The molecule has 0 fully saturated rings. The first-order valence-corrected chi connectivity index (χ1v) is 34.8. The van der Waals surface area contributed by atoms with E-state index in [0.29, 0.717) is 19.4 Å². The van der Waals surface area contributed by atoms with Gasteiger partial charge in [-0.3, -0.25) is 9.59 Å². The molecule has 0 heterocycles. The molecule has 1 amide bonds. The highest BCUT2D eigenvalue weighted by molar-refractivity contribution is 5.76. The molecule has 0 bridgehead atoms. The Hall–Kier alpha value is -1.92. The van der Waals surface area contributed by atoms with E-state index in [4.69, 9.17) is 4.74 Å². The van der Waals surface area contributed by atoms with E-state index < -0.39 is 12.1 Å². The molecule has 77 heavy (non-hydrogen) atoms. The molecule has 0 rings (SSSR count). The van der Waals surface area contributed by atoms with Crippen LogP contribution in [0.2, 0.25) is 0 Å². The van der Waals surface area contributed by atoms with Gasteiger partial charge >= 0.3 is 5.97 Å². The minimum atomic E-state index is -0.843. The number of esters is 1. The van der Waals surface area contributed by atoms with Gasteiger partial charge in [0.2, 0.25) is 5.91 Å². The summed E-state index contributed by atoms with van der Waals surface area (Å²) in [4.78, 5) is 24.6. The van der Waals surface area contributed by atoms with Crippen molar-refractivity contribution in [2.45, 2.75) is 392 Å². The molecule has 0 aromatic rings. The second-order valence-electron chi connectivity index (χ2n) is 23.9. The lowest BCUT2D eigenvalue weighted by atomic mass is 10.0. The maximum Gasteiger partial charge on any atom is 0.305 e. The first-order chi connectivity index (χ1) is 38.0. The molecule has 0 aliphatic carbocycles. The van der Waals surface area contributed by atoms with Crippen molar-refractivity contribution < 1.29 is 24.5 Å². The maximum absolute atomic E-state index is 12.5. The molecule has 0 spiro atoms. The number of rotatable bonds is 65. The molecule has 0 aromatic carbocycles. The van der Waals surface area contributed by atoms with Crippen LogP contribution in [0.5, 0.6) is 0 Å². The Morgan fingerprint density at radius 1 is 0.351 bits per heavy atom. The van der Waals surface area contributed by atoms with E-state index in [-0.39, 0.29) is 18.5 Å². The summed E-state index contributed by atoms with van der Waals surface area (Å²) in [6, 6.07) is -0.627. The number of aliphatic hydroxyl groups excluding tert-OH is 2. The number of hydrogen-bond acceptors (Lipinski definition) is 5. The predicted molar refractivity (Wildman–Crippen MR) is 338 cm³/mol. The van der Waals surface area contributed by atoms with Gasteiger partial charge in [0.05, 0.1) is 25.4 Å². The van der Waals surface area contributed by atoms with Crippen LogP contribution in [0.3, 0.4) is 0 Å². The summed E-state index contributed by atoms with van der Waals surface area (Å²) in [5.74, 6) is -0.0526. The van der Waals surface area contributed by atoms with E-state index in [1.165, 1.54) is 308 Å². The Morgan fingerprint density at radius 3 is 0.922 bits per heavy atom. The fraction of sp³-hybridized carbons (Fsp3) is 0.887. The molecule has 0 saturated heterocycles. The van der Waals surface area contributed by atoms with Crippen LogP contribution in [0, 0.1) is 0 Å². The number of amides is 1. The van der Waals surface area contributed by atoms with Crippen molar-refractivity contribution in [3.63, 3.8) is 0 Å². The number of nitrogens with one attached hydrogen (secondary N) is 1. The Morgan fingerprint density at radius 2 is 0.610 bits per heavy atom. The van der Waals surface area contributed by atoms with Gasteiger partial charge in [0.25, 0.3) is 0 Å². The third-order valence-corrected chi connectivity index (χ3v) is 16.1. The van der Waals surface area contributed by atoms with Crippen LogP contribution >= 0.6 is 0 Å². The third-order valence-electron chi connectivity index (χ3n) is 16.1. The number of allylic oxidation sites excluding steroid dienone is 5. The van der Waals surface area contributed by atoms with Crippen LogP contribution in [-0.2, 0) is 14.3 Å². The Labute approximate surface area is 481 Å². The van der Waals surface area contributed by atoms with Gasteiger partial charge in [0.1, 0.15) is 0 Å². The number of ether oxygens (including phenoxy) is 1. The molecule has 3 N–H and O–H groups in total. The summed E-state index contributed by atoms with van der Waals surface area (Å²) in [7, 11) is 0. The molecule has 6 heteroatoms.